The number of hydrogen-bond donors (Lipinski definition) is 9. The molecule has 2 aromatic rings. The first kappa shape index (κ1) is 34.3. The van der Waals surface area contributed by atoms with Gasteiger partial charge in [0.1, 0.15) is 0 Å². The highest BCUT2D eigenvalue weighted by Crippen LogP contribution is 2.18. The highest BCUT2D eigenvalue weighted by Gasteiger charge is 2.23. The number of carbonyl (C=O) groups excluding carboxylic acids is 4. The van der Waals surface area contributed by atoms with Crippen LogP contribution in [0.25, 0.3) is 0 Å². The van der Waals surface area contributed by atoms with Crippen molar-refractivity contribution in [2.45, 2.75) is 58.4 Å². The Bertz CT molecular complexity index is 1170. The highest BCUT2D eigenvalue weighted by atomic mass is 16.7. The third-order valence-corrected chi connectivity index (χ3v) is 5.97. The summed E-state index contributed by atoms with van der Waals surface area (Å²) in [6, 6.07) is 8.81. The van der Waals surface area contributed by atoms with Crippen LogP contribution in [0.15, 0.2) is 42.5 Å². The van der Waals surface area contributed by atoms with Crippen LogP contribution in [0, 0.1) is 0 Å². The maximum Gasteiger partial charge on any atom is 0.432 e. The van der Waals surface area contributed by atoms with E-state index < -0.39 is 42.0 Å². The summed E-state index contributed by atoms with van der Waals surface area (Å²) in [6.45, 7) is 7.79. The Morgan fingerprint density at radius 3 is 1.88 bits per heavy atom. The van der Waals surface area contributed by atoms with Crippen LogP contribution in [-0.2, 0) is 6.54 Å². The van der Waals surface area contributed by atoms with Gasteiger partial charge in [-0.2, -0.15) is 0 Å². The summed E-state index contributed by atoms with van der Waals surface area (Å²) in [5, 5.41) is 35.3. The number of aromatic nitrogens is 1. The van der Waals surface area contributed by atoms with Gasteiger partial charge in [-0.3, -0.25) is 0 Å². The molecule has 0 aliphatic heterocycles. The Kier molecular flexibility index (Phi) is 13.7. The smallest absolute Gasteiger partial charge is 0.432 e. The predicted molar refractivity (Wildman–Crippen MR) is 158 cm³/mol. The van der Waals surface area contributed by atoms with Crippen LogP contribution in [0.3, 0.4) is 0 Å². The summed E-state index contributed by atoms with van der Waals surface area (Å²) in [5.74, 6) is -0.928. The standard InChI is InChI=1S/C27H43N9O7/c1-17(28)12-29-24(39)33-18(2)13-30-25(40)34-19(3)14-31-26(41)35(16-21-8-6-5-7-9-21)20(4)15-32-27(42)43-36-22(37)10-11-23(36)38/h5-11,17-20,37-38H,12-16,28H2,1-4H3,(H,31,41)(H,32,42)(H2,29,33,39)(H2,30,34,40)/t17-,18+,19-,20+/m1/s1. The minimum absolute atomic E-state index is 0.00637. The summed E-state index contributed by atoms with van der Waals surface area (Å²) in [4.78, 5) is 55.9. The zero-order valence-electron chi connectivity index (χ0n) is 24.8. The molecule has 1 heterocycles. The quantitative estimate of drug-likeness (QED) is 0.146. The molecule has 0 aliphatic rings. The largest absolute Gasteiger partial charge is 0.492 e. The Balaban J connectivity index is 1.85. The van der Waals surface area contributed by atoms with Crippen LogP contribution >= 0.6 is 0 Å². The van der Waals surface area contributed by atoms with E-state index in [2.05, 4.69) is 31.9 Å². The normalized spacial score (nSPS) is 13.4. The molecule has 2 rings (SSSR count). The average Bonchev–Trinajstić information content (AvgIpc) is 3.27. The van der Waals surface area contributed by atoms with Crippen molar-refractivity contribution in [2.75, 3.05) is 26.2 Å². The molecule has 238 valence electrons. The molecule has 43 heavy (non-hydrogen) atoms. The van der Waals surface area contributed by atoms with E-state index in [-0.39, 0.29) is 44.3 Å². The minimum Gasteiger partial charge on any atom is -0.492 e. The van der Waals surface area contributed by atoms with Crippen LogP contribution in [0.5, 0.6) is 11.8 Å². The van der Waals surface area contributed by atoms with Gasteiger partial charge in [-0.1, -0.05) is 30.3 Å². The molecule has 16 heteroatoms. The van der Waals surface area contributed by atoms with E-state index in [9.17, 15) is 29.4 Å². The van der Waals surface area contributed by atoms with Crippen LogP contribution in [0.1, 0.15) is 33.3 Å². The predicted octanol–water partition coefficient (Wildman–Crippen LogP) is 0.360. The number of nitrogens with zero attached hydrogens (tertiary/aromatic N) is 2. The van der Waals surface area contributed by atoms with Gasteiger partial charge >= 0.3 is 24.2 Å². The zero-order valence-corrected chi connectivity index (χ0v) is 24.8. The van der Waals surface area contributed by atoms with Gasteiger partial charge in [0.15, 0.2) is 0 Å². The summed E-state index contributed by atoms with van der Waals surface area (Å²) in [5.41, 5.74) is 6.46. The second-order valence-corrected chi connectivity index (χ2v) is 10.2. The fourth-order valence-electron chi connectivity index (χ4n) is 3.65. The van der Waals surface area contributed by atoms with Gasteiger partial charge in [0.25, 0.3) is 0 Å². The molecule has 1 aromatic heterocycles. The molecule has 0 aliphatic carbocycles. The van der Waals surface area contributed by atoms with Crippen LogP contribution in [-0.4, -0.2) is 94.4 Å². The number of benzene rings is 1. The van der Waals surface area contributed by atoms with Gasteiger partial charge in [0.2, 0.25) is 11.8 Å². The maximum atomic E-state index is 13.2. The van der Waals surface area contributed by atoms with E-state index in [1.54, 1.807) is 27.7 Å². The molecule has 0 spiro atoms. The van der Waals surface area contributed by atoms with Gasteiger partial charge in [0, 0.05) is 69.0 Å². The van der Waals surface area contributed by atoms with Crippen molar-refractivity contribution < 1.29 is 34.2 Å². The second kappa shape index (κ2) is 17.2. The van der Waals surface area contributed by atoms with E-state index in [4.69, 9.17) is 10.6 Å². The van der Waals surface area contributed by atoms with Gasteiger partial charge in [-0.15, -0.1) is 4.73 Å². The molecule has 4 atom stereocenters. The van der Waals surface area contributed by atoms with E-state index in [0.29, 0.717) is 11.3 Å². The van der Waals surface area contributed by atoms with Crippen LogP contribution in [0.4, 0.5) is 19.2 Å². The molecule has 0 fully saturated rings. The molecular formula is C27H43N9O7. The molecule has 10 N–H and O–H groups in total. The molecule has 1 aromatic carbocycles. The Labute approximate surface area is 250 Å². The van der Waals surface area contributed by atoms with Gasteiger partial charge in [0.05, 0.1) is 0 Å². The fourth-order valence-corrected chi connectivity index (χ4v) is 3.65. The number of amides is 7. The molecule has 16 nitrogen and oxygen atoms in total. The molecule has 0 saturated heterocycles. The third-order valence-electron chi connectivity index (χ3n) is 5.97. The fraction of sp³-hybridized carbons (Fsp3) is 0.481. The first-order valence-electron chi connectivity index (χ1n) is 13.8. The molecule has 0 saturated carbocycles. The van der Waals surface area contributed by atoms with Gasteiger partial charge < -0.3 is 57.6 Å². The lowest BCUT2D eigenvalue weighted by Crippen LogP contribution is -2.53. The molecule has 0 radical (unpaired) electrons. The minimum atomic E-state index is -0.951. The highest BCUT2D eigenvalue weighted by molar-refractivity contribution is 5.76. The summed E-state index contributed by atoms with van der Waals surface area (Å²) < 4.78 is 0.552. The Morgan fingerprint density at radius 2 is 1.33 bits per heavy atom. The number of carbonyl (C=O) groups is 4. The number of aromatic hydroxyl groups is 2. The summed E-state index contributed by atoms with van der Waals surface area (Å²) in [7, 11) is 0. The number of urea groups is 3. The first-order valence-corrected chi connectivity index (χ1v) is 13.8. The molecule has 0 unspecified atom stereocenters. The number of nitrogens with two attached hydrogens (primary N) is 1. The van der Waals surface area contributed by atoms with Crippen molar-refractivity contribution in [3.05, 3.63) is 48.0 Å². The number of hydrogen-bond acceptors (Lipinski definition) is 8. The zero-order chi connectivity index (χ0) is 31.9. The van der Waals surface area contributed by atoms with Crippen molar-refractivity contribution in [1.29, 1.82) is 0 Å². The second-order valence-electron chi connectivity index (χ2n) is 10.2. The Morgan fingerprint density at radius 1 is 0.791 bits per heavy atom. The van der Waals surface area contributed by atoms with E-state index >= 15 is 0 Å². The number of nitrogens with one attached hydrogen (secondary N) is 6. The van der Waals surface area contributed by atoms with Crippen molar-refractivity contribution >= 4 is 24.2 Å². The van der Waals surface area contributed by atoms with Crippen molar-refractivity contribution in [2.24, 2.45) is 5.73 Å². The Hall–Kier alpha value is -4.86. The topological polar surface area (TPSA) is 224 Å². The molecule has 0 bridgehead atoms. The first-order chi connectivity index (χ1) is 20.3. The molecule has 7 amide bonds. The lowest BCUT2D eigenvalue weighted by Gasteiger charge is -2.30. The third kappa shape index (κ3) is 12.7. The molecular weight excluding hydrogens is 562 g/mol. The average molecular weight is 606 g/mol. The van der Waals surface area contributed by atoms with Crippen molar-refractivity contribution in [1.82, 2.24) is 41.5 Å². The SMILES string of the molecule is C[C@H](CNC(=O)N(Cc1ccccc1)[C@@H](C)CNC(=O)On1c(O)ccc1O)NC(=O)NC[C@H](C)NC(=O)NC[C@@H](C)N. The van der Waals surface area contributed by atoms with E-state index in [1.165, 1.54) is 4.90 Å². The monoisotopic (exact) mass is 605 g/mol. The summed E-state index contributed by atoms with van der Waals surface area (Å²) >= 11 is 0. The summed E-state index contributed by atoms with van der Waals surface area (Å²) in [6.07, 6.45) is -0.951. The van der Waals surface area contributed by atoms with Crippen molar-refractivity contribution in [3.8, 4) is 11.8 Å². The lowest BCUT2D eigenvalue weighted by molar-refractivity contribution is 0.105. The van der Waals surface area contributed by atoms with Crippen LogP contribution < -0.4 is 42.5 Å². The van der Waals surface area contributed by atoms with E-state index in [1.807, 2.05) is 30.3 Å². The van der Waals surface area contributed by atoms with Crippen molar-refractivity contribution in [3.63, 3.8) is 0 Å². The maximum absolute atomic E-state index is 13.2. The van der Waals surface area contributed by atoms with Gasteiger partial charge in [-0.25, -0.2) is 19.2 Å². The number of rotatable bonds is 14. The van der Waals surface area contributed by atoms with Gasteiger partial charge in [-0.05, 0) is 33.3 Å². The van der Waals surface area contributed by atoms with Crippen LogP contribution in [0.2, 0.25) is 0 Å². The lowest BCUT2D eigenvalue weighted by atomic mass is 10.2. The van der Waals surface area contributed by atoms with E-state index in [0.717, 1.165) is 17.7 Å².